The van der Waals surface area contributed by atoms with E-state index in [2.05, 4.69) is 15.5 Å². The number of hydrogen-bond donors (Lipinski definition) is 2. The molecule has 0 saturated carbocycles. The molecule has 4 aromatic rings. The van der Waals surface area contributed by atoms with E-state index >= 15 is 0 Å². The van der Waals surface area contributed by atoms with Crippen LogP contribution in [0.5, 0.6) is 5.75 Å². The molecule has 10 nitrogen and oxygen atoms in total. The van der Waals surface area contributed by atoms with Crippen LogP contribution in [0.15, 0.2) is 64.3 Å². The Morgan fingerprint density at radius 3 is 2.67 bits per heavy atom. The molecule has 0 unspecified atom stereocenters. The van der Waals surface area contributed by atoms with Crippen LogP contribution in [-0.4, -0.2) is 44.4 Å². The fourth-order valence-electron chi connectivity index (χ4n) is 3.89. The quantitative estimate of drug-likeness (QED) is 0.345. The fraction of sp³-hybridized carbons (Fsp3) is 0.269. The summed E-state index contributed by atoms with van der Waals surface area (Å²) in [6, 6.07) is 11.7. The number of carboxylic acid groups (broad SMARTS) is 1. The summed E-state index contributed by atoms with van der Waals surface area (Å²) in [6.07, 6.45) is 4.33. The average molecular weight is 491 g/mol. The van der Waals surface area contributed by atoms with Crippen molar-refractivity contribution in [3.63, 3.8) is 0 Å². The topological polar surface area (TPSA) is 137 Å². The van der Waals surface area contributed by atoms with E-state index in [0.717, 1.165) is 5.69 Å². The summed E-state index contributed by atoms with van der Waals surface area (Å²) in [5.74, 6) is -0.904. The van der Waals surface area contributed by atoms with E-state index in [4.69, 9.17) is 9.15 Å². The number of carbonyl (C=O) groups is 2. The van der Waals surface area contributed by atoms with Gasteiger partial charge in [-0.15, -0.1) is 10.2 Å². The number of carboxylic acids is 1. The van der Waals surface area contributed by atoms with Crippen LogP contribution in [0.25, 0.3) is 28.0 Å². The Morgan fingerprint density at radius 2 is 1.97 bits per heavy atom. The molecule has 2 aromatic heterocycles. The van der Waals surface area contributed by atoms with E-state index in [0.29, 0.717) is 41.8 Å². The largest absolute Gasteiger partial charge is 0.483 e. The number of para-hydroxylation sites is 1. The normalized spacial score (nSPS) is 11.8. The van der Waals surface area contributed by atoms with Gasteiger partial charge in [0.2, 0.25) is 5.43 Å². The third-order valence-corrected chi connectivity index (χ3v) is 5.73. The Bertz CT molecular complexity index is 1440. The fourth-order valence-corrected chi connectivity index (χ4v) is 3.89. The van der Waals surface area contributed by atoms with Gasteiger partial charge in [0.15, 0.2) is 12.4 Å². The van der Waals surface area contributed by atoms with Gasteiger partial charge in [0.05, 0.1) is 5.39 Å². The first-order valence-corrected chi connectivity index (χ1v) is 11.6. The van der Waals surface area contributed by atoms with Gasteiger partial charge >= 0.3 is 5.97 Å². The molecule has 0 bridgehead atoms. The van der Waals surface area contributed by atoms with Crippen LogP contribution in [0.1, 0.15) is 32.3 Å². The predicted octanol–water partition coefficient (Wildman–Crippen LogP) is 3.35. The first-order chi connectivity index (χ1) is 17.4. The van der Waals surface area contributed by atoms with Crippen molar-refractivity contribution in [2.75, 3.05) is 6.61 Å². The molecule has 0 aliphatic carbocycles. The molecule has 186 valence electrons. The summed E-state index contributed by atoms with van der Waals surface area (Å²) >= 11 is 0. The highest BCUT2D eigenvalue weighted by molar-refractivity contribution is 5.85. The Kier molecular flexibility index (Phi) is 7.43. The van der Waals surface area contributed by atoms with Crippen LogP contribution in [0.4, 0.5) is 0 Å². The number of benzene rings is 2. The minimum atomic E-state index is -1.09. The second-order valence-electron chi connectivity index (χ2n) is 8.18. The van der Waals surface area contributed by atoms with Crippen molar-refractivity contribution in [3.05, 3.63) is 70.8 Å². The standard InChI is InChI=1S/C26H26N4O6/c1-3-8-20(26(33)34)28-23(31)14-36-21-12-22-18(11-16(21)4-2)24(32)19(13-35-22)25-29-27-15-30(25)17-9-6-5-7-10-17/h5-7,9-13,15,20H,3-4,8,14H2,1-2H3,(H,28,31)(H,33,34)/t20-/m1/s1. The number of rotatable bonds is 10. The molecular weight excluding hydrogens is 464 g/mol. The number of hydrogen-bond acceptors (Lipinski definition) is 7. The number of fused-ring (bicyclic) bond motifs is 1. The van der Waals surface area contributed by atoms with Crippen LogP contribution >= 0.6 is 0 Å². The molecule has 1 atom stereocenters. The number of nitrogens with one attached hydrogen (secondary N) is 1. The maximum Gasteiger partial charge on any atom is 0.326 e. The van der Waals surface area contributed by atoms with Crippen LogP contribution in [0.2, 0.25) is 0 Å². The lowest BCUT2D eigenvalue weighted by Crippen LogP contribution is -2.42. The average Bonchev–Trinajstić information content (AvgIpc) is 3.37. The smallest absolute Gasteiger partial charge is 0.326 e. The molecule has 0 saturated heterocycles. The third-order valence-electron chi connectivity index (χ3n) is 5.73. The van der Waals surface area contributed by atoms with Gasteiger partial charge in [-0.3, -0.25) is 14.2 Å². The summed E-state index contributed by atoms with van der Waals surface area (Å²) < 4.78 is 13.2. The second kappa shape index (κ2) is 10.9. The SMILES string of the molecule is CCC[C@@H](NC(=O)COc1cc2occ(-c3nncn3-c3ccccc3)c(=O)c2cc1CC)C(=O)O. The van der Waals surface area contributed by atoms with Crippen molar-refractivity contribution in [3.8, 4) is 22.8 Å². The van der Waals surface area contributed by atoms with Crippen LogP contribution in [-0.2, 0) is 16.0 Å². The van der Waals surface area contributed by atoms with E-state index in [-0.39, 0.29) is 23.2 Å². The lowest BCUT2D eigenvalue weighted by atomic mass is 10.1. The van der Waals surface area contributed by atoms with Crippen molar-refractivity contribution < 1.29 is 23.8 Å². The summed E-state index contributed by atoms with van der Waals surface area (Å²) in [4.78, 5) is 36.9. The van der Waals surface area contributed by atoms with Crippen molar-refractivity contribution in [2.45, 2.75) is 39.2 Å². The molecule has 0 radical (unpaired) electrons. The Hall–Kier alpha value is -4.47. The monoisotopic (exact) mass is 490 g/mol. The van der Waals surface area contributed by atoms with Crippen molar-refractivity contribution >= 4 is 22.8 Å². The summed E-state index contributed by atoms with van der Waals surface area (Å²) in [5.41, 5.74) is 1.78. The minimum Gasteiger partial charge on any atom is -0.483 e. The van der Waals surface area contributed by atoms with Gasteiger partial charge < -0.3 is 19.6 Å². The molecule has 4 rings (SSSR count). The predicted molar refractivity (Wildman–Crippen MR) is 132 cm³/mol. The maximum absolute atomic E-state index is 13.4. The number of aromatic nitrogens is 3. The van der Waals surface area contributed by atoms with Crippen molar-refractivity contribution in [2.24, 2.45) is 0 Å². The van der Waals surface area contributed by atoms with E-state index < -0.39 is 17.9 Å². The van der Waals surface area contributed by atoms with Crippen molar-refractivity contribution in [1.29, 1.82) is 0 Å². The zero-order chi connectivity index (χ0) is 25.7. The van der Waals surface area contributed by atoms with Crippen LogP contribution in [0, 0.1) is 0 Å². The zero-order valence-electron chi connectivity index (χ0n) is 19.9. The van der Waals surface area contributed by atoms with Gasteiger partial charge in [-0.05, 0) is 36.6 Å². The Morgan fingerprint density at radius 1 is 1.19 bits per heavy atom. The van der Waals surface area contributed by atoms with Gasteiger partial charge in [0.1, 0.15) is 35.5 Å². The molecule has 2 heterocycles. The first-order valence-electron chi connectivity index (χ1n) is 11.6. The molecule has 36 heavy (non-hydrogen) atoms. The third kappa shape index (κ3) is 5.12. The number of ether oxygens (including phenoxy) is 1. The summed E-state index contributed by atoms with van der Waals surface area (Å²) in [5, 5.41) is 20.1. The number of carbonyl (C=O) groups excluding carboxylic acids is 1. The van der Waals surface area contributed by atoms with E-state index in [9.17, 15) is 19.5 Å². The van der Waals surface area contributed by atoms with Gasteiger partial charge in [0.25, 0.3) is 5.91 Å². The van der Waals surface area contributed by atoms with Crippen LogP contribution in [0.3, 0.4) is 0 Å². The number of nitrogens with zero attached hydrogens (tertiary/aromatic N) is 3. The molecule has 0 aliphatic heterocycles. The lowest BCUT2D eigenvalue weighted by Gasteiger charge is -2.15. The van der Waals surface area contributed by atoms with Crippen molar-refractivity contribution in [1.82, 2.24) is 20.1 Å². The molecule has 2 N–H and O–H groups in total. The lowest BCUT2D eigenvalue weighted by molar-refractivity contribution is -0.142. The second-order valence-corrected chi connectivity index (χ2v) is 8.18. The van der Waals surface area contributed by atoms with Gasteiger partial charge in [-0.25, -0.2) is 4.79 Å². The molecule has 0 aliphatic rings. The van der Waals surface area contributed by atoms with E-state index in [1.54, 1.807) is 16.7 Å². The van der Waals surface area contributed by atoms with Crippen LogP contribution < -0.4 is 15.5 Å². The van der Waals surface area contributed by atoms with Gasteiger partial charge in [-0.1, -0.05) is 38.5 Å². The highest BCUT2D eigenvalue weighted by Gasteiger charge is 2.20. The first kappa shape index (κ1) is 24.6. The molecular formula is C26H26N4O6. The molecule has 2 aromatic carbocycles. The molecule has 10 heteroatoms. The number of aryl methyl sites for hydroxylation is 1. The van der Waals surface area contributed by atoms with E-state index in [1.165, 1.54) is 12.6 Å². The minimum absolute atomic E-state index is 0.259. The summed E-state index contributed by atoms with van der Waals surface area (Å²) in [6.45, 7) is 3.37. The molecule has 1 amide bonds. The number of aliphatic carboxylic acids is 1. The highest BCUT2D eigenvalue weighted by Crippen LogP contribution is 2.27. The number of amides is 1. The van der Waals surface area contributed by atoms with Gasteiger partial charge in [-0.2, -0.15) is 0 Å². The maximum atomic E-state index is 13.4. The van der Waals surface area contributed by atoms with Gasteiger partial charge in [0, 0.05) is 11.8 Å². The Balaban J connectivity index is 1.62. The molecule has 0 fully saturated rings. The van der Waals surface area contributed by atoms with E-state index in [1.807, 2.05) is 44.2 Å². The summed E-state index contributed by atoms with van der Waals surface area (Å²) in [7, 11) is 0. The Labute approximate surface area is 206 Å². The molecule has 0 spiro atoms. The zero-order valence-corrected chi connectivity index (χ0v) is 19.9. The highest BCUT2D eigenvalue weighted by atomic mass is 16.5.